The van der Waals surface area contributed by atoms with E-state index in [4.69, 9.17) is 5.10 Å². The van der Waals surface area contributed by atoms with E-state index in [9.17, 15) is 0 Å². The second-order valence-electron chi connectivity index (χ2n) is 8.47. The monoisotopic (exact) mass is 368 g/mol. The van der Waals surface area contributed by atoms with Crippen LogP contribution in [0.2, 0.25) is 0 Å². The van der Waals surface area contributed by atoms with Crippen LogP contribution in [-0.4, -0.2) is 67.2 Å². The Kier molecular flexibility index (Phi) is 4.38. The summed E-state index contributed by atoms with van der Waals surface area (Å²) >= 11 is 0. The minimum atomic E-state index is -0.0888. The first kappa shape index (κ1) is 17.9. The van der Waals surface area contributed by atoms with E-state index in [1.807, 2.05) is 34.6 Å². The maximum atomic E-state index is 4.80. The first-order valence-electron chi connectivity index (χ1n) is 9.48. The average molecular weight is 368 g/mol. The molecule has 0 N–H and O–H groups in total. The minimum Gasteiger partial charge on any atom is -0.352 e. The van der Waals surface area contributed by atoms with E-state index >= 15 is 0 Å². The number of aromatic nitrogens is 6. The van der Waals surface area contributed by atoms with Gasteiger partial charge in [0, 0.05) is 56.5 Å². The van der Waals surface area contributed by atoms with Crippen molar-refractivity contribution < 1.29 is 0 Å². The van der Waals surface area contributed by atoms with Gasteiger partial charge in [-0.05, 0) is 25.2 Å². The lowest BCUT2D eigenvalue weighted by Gasteiger charge is -2.44. The summed E-state index contributed by atoms with van der Waals surface area (Å²) in [4.78, 5) is 4.75. The van der Waals surface area contributed by atoms with Crippen LogP contribution in [0.5, 0.6) is 0 Å². The van der Waals surface area contributed by atoms with E-state index in [0.717, 1.165) is 43.3 Å². The number of likely N-dealkylation sites (N-methyl/N-ethyl adjacent to an activating group) is 1. The van der Waals surface area contributed by atoms with Crippen LogP contribution in [0, 0.1) is 0 Å². The van der Waals surface area contributed by atoms with Crippen LogP contribution < -0.4 is 4.90 Å². The molecular weight excluding hydrogens is 340 g/mol. The van der Waals surface area contributed by atoms with Gasteiger partial charge in [-0.2, -0.15) is 9.61 Å². The molecule has 1 aliphatic rings. The summed E-state index contributed by atoms with van der Waals surface area (Å²) in [5.41, 5.74) is 1.98. The molecule has 0 radical (unpaired) electrons. The molecule has 144 valence electrons. The van der Waals surface area contributed by atoms with Crippen LogP contribution >= 0.6 is 0 Å². The van der Waals surface area contributed by atoms with Crippen molar-refractivity contribution in [2.45, 2.75) is 38.6 Å². The molecule has 3 aromatic rings. The summed E-state index contributed by atoms with van der Waals surface area (Å²) in [6.45, 7) is 9.42. The van der Waals surface area contributed by atoms with Gasteiger partial charge >= 0.3 is 0 Å². The Bertz CT molecular complexity index is 929. The van der Waals surface area contributed by atoms with Gasteiger partial charge in [0.15, 0.2) is 11.5 Å². The van der Waals surface area contributed by atoms with Crippen LogP contribution in [0.3, 0.4) is 0 Å². The molecule has 27 heavy (non-hydrogen) atoms. The molecule has 0 saturated carbocycles. The molecule has 0 amide bonds. The van der Waals surface area contributed by atoms with Crippen LogP contribution in [0.25, 0.3) is 5.65 Å². The number of aryl methyl sites for hydroxylation is 1. The molecule has 0 aliphatic carbocycles. The summed E-state index contributed by atoms with van der Waals surface area (Å²) in [5, 5.41) is 17.6. The highest BCUT2D eigenvalue weighted by atomic mass is 15.4. The number of anilines is 1. The zero-order valence-corrected chi connectivity index (χ0v) is 16.8. The Balaban J connectivity index is 1.39. The summed E-state index contributed by atoms with van der Waals surface area (Å²) < 4.78 is 3.83. The lowest BCUT2D eigenvalue weighted by Crippen LogP contribution is -2.59. The highest BCUT2D eigenvalue weighted by Gasteiger charge is 2.31. The molecule has 0 unspecified atom stereocenters. The SMILES string of the molecule is CN(CCc1ccnn1C)C1CN(c2ccc3nnc(C(C)(C)C)n3n2)C1. The Morgan fingerprint density at radius 2 is 1.93 bits per heavy atom. The van der Waals surface area contributed by atoms with Crippen molar-refractivity contribution in [2.75, 3.05) is 31.6 Å². The minimum absolute atomic E-state index is 0.0888. The van der Waals surface area contributed by atoms with Crippen molar-refractivity contribution in [3.05, 3.63) is 35.9 Å². The zero-order valence-electron chi connectivity index (χ0n) is 16.8. The van der Waals surface area contributed by atoms with Crippen molar-refractivity contribution in [3.8, 4) is 0 Å². The van der Waals surface area contributed by atoms with Crippen LogP contribution in [0.15, 0.2) is 24.4 Å². The molecule has 3 aromatic heterocycles. The fraction of sp³-hybridized carbons (Fsp3) is 0.579. The molecule has 0 spiro atoms. The van der Waals surface area contributed by atoms with Gasteiger partial charge in [0.05, 0.1) is 0 Å². The molecular formula is C19H28N8. The third kappa shape index (κ3) is 3.41. The van der Waals surface area contributed by atoms with E-state index in [1.165, 1.54) is 5.69 Å². The lowest BCUT2D eigenvalue weighted by atomic mass is 9.96. The van der Waals surface area contributed by atoms with Crippen molar-refractivity contribution in [1.82, 2.24) is 34.5 Å². The standard InChI is InChI=1S/C19H28N8/c1-19(2,3)18-22-21-16-6-7-17(23-27(16)18)26-12-15(13-26)24(4)11-9-14-8-10-20-25(14)5/h6-8,10,15H,9,11-13H2,1-5H3. The number of hydrogen-bond acceptors (Lipinski definition) is 6. The highest BCUT2D eigenvalue weighted by Crippen LogP contribution is 2.24. The van der Waals surface area contributed by atoms with E-state index in [0.29, 0.717) is 6.04 Å². The molecule has 0 aromatic carbocycles. The predicted octanol–water partition coefficient (Wildman–Crippen LogP) is 1.52. The topological polar surface area (TPSA) is 67.4 Å². The highest BCUT2D eigenvalue weighted by molar-refractivity contribution is 5.48. The largest absolute Gasteiger partial charge is 0.352 e. The molecule has 0 atom stereocenters. The van der Waals surface area contributed by atoms with Gasteiger partial charge in [-0.25, -0.2) is 0 Å². The Labute approximate surface area is 159 Å². The van der Waals surface area contributed by atoms with Crippen LogP contribution in [0.1, 0.15) is 32.3 Å². The molecule has 1 fully saturated rings. The Hall–Kier alpha value is -2.48. The molecule has 4 rings (SSSR count). The first-order valence-corrected chi connectivity index (χ1v) is 9.48. The molecule has 4 heterocycles. The van der Waals surface area contributed by atoms with Crippen LogP contribution in [0.4, 0.5) is 5.82 Å². The number of nitrogens with zero attached hydrogens (tertiary/aromatic N) is 8. The quantitative estimate of drug-likeness (QED) is 0.680. The first-order chi connectivity index (χ1) is 12.8. The third-order valence-electron chi connectivity index (χ3n) is 5.37. The summed E-state index contributed by atoms with van der Waals surface area (Å²) in [7, 11) is 4.20. The Morgan fingerprint density at radius 3 is 2.59 bits per heavy atom. The van der Waals surface area contributed by atoms with Gasteiger partial charge in [-0.1, -0.05) is 20.8 Å². The second kappa shape index (κ2) is 6.60. The van der Waals surface area contributed by atoms with Crippen molar-refractivity contribution >= 4 is 11.5 Å². The van der Waals surface area contributed by atoms with Gasteiger partial charge in [0.25, 0.3) is 0 Å². The summed E-state index contributed by atoms with van der Waals surface area (Å²) in [5.74, 6) is 1.88. The fourth-order valence-electron chi connectivity index (χ4n) is 3.46. The fourth-order valence-corrected chi connectivity index (χ4v) is 3.46. The Morgan fingerprint density at radius 1 is 1.15 bits per heavy atom. The maximum absolute atomic E-state index is 4.80. The van der Waals surface area contributed by atoms with E-state index in [2.05, 4.69) is 59.0 Å². The average Bonchev–Trinajstić information content (AvgIpc) is 3.16. The lowest BCUT2D eigenvalue weighted by molar-refractivity contribution is 0.205. The second-order valence-corrected chi connectivity index (χ2v) is 8.47. The van der Waals surface area contributed by atoms with Crippen LogP contribution in [-0.2, 0) is 18.9 Å². The predicted molar refractivity (Wildman–Crippen MR) is 105 cm³/mol. The van der Waals surface area contributed by atoms with E-state index in [-0.39, 0.29) is 5.41 Å². The molecule has 1 saturated heterocycles. The molecule has 1 aliphatic heterocycles. The molecule has 8 heteroatoms. The number of hydrogen-bond donors (Lipinski definition) is 0. The number of fused-ring (bicyclic) bond motifs is 1. The van der Waals surface area contributed by atoms with Crippen molar-refractivity contribution in [1.29, 1.82) is 0 Å². The maximum Gasteiger partial charge on any atom is 0.178 e. The normalized spacial score (nSPS) is 15.7. The van der Waals surface area contributed by atoms with Crippen molar-refractivity contribution in [2.24, 2.45) is 7.05 Å². The third-order valence-corrected chi connectivity index (χ3v) is 5.37. The van der Waals surface area contributed by atoms with E-state index in [1.54, 1.807) is 0 Å². The van der Waals surface area contributed by atoms with Gasteiger partial charge in [-0.3, -0.25) is 9.58 Å². The zero-order chi connectivity index (χ0) is 19.2. The molecule has 8 nitrogen and oxygen atoms in total. The smallest absolute Gasteiger partial charge is 0.178 e. The molecule has 0 bridgehead atoms. The van der Waals surface area contributed by atoms with Gasteiger partial charge in [-0.15, -0.1) is 15.3 Å². The van der Waals surface area contributed by atoms with E-state index < -0.39 is 0 Å². The summed E-state index contributed by atoms with van der Waals surface area (Å²) in [6.07, 6.45) is 2.88. The summed E-state index contributed by atoms with van der Waals surface area (Å²) in [6, 6.07) is 6.69. The van der Waals surface area contributed by atoms with Crippen molar-refractivity contribution in [3.63, 3.8) is 0 Å². The van der Waals surface area contributed by atoms with Gasteiger partial charge in [0.2, 0.25) is 0 Å². The van der Waals surface area contributed by atoms with Gasteiger partial charge in [0.1, 0.15) is 5.82 Å². The van der Waals surface area contributed by atoms with Gasteiger partial charge < -0.3 is 4.90 Å². The number of rotatable bonds is 5.